The van der Waals surface area contributed by atoms with E-state index in [-0.39, 0.29) is 6.61 Å². The van der Waals surface area contributed by atoms with E-state index in [2.05, 4.69) is 32.9 Å². The Labute approximate surface area is 164 Å². The summed E-state index contributed by atoms with van der Waals surface area (Å²) in [5.74, 6) is 0. The molecule has 6 nitrogen and oxygen atoms in total. The van der Waals surface area contributed by atoms with Gasteiger partial charge in [0.2, 0.25) is 0 Å². The molecular weight excluding hydrogens is 386 g/mol. The maximum atomic E-state index is 12.1. The van der Waals surface area contributed by atoms with Crippen LogP contribution in [0.25, 0.3) is 0 Å². The fourth-order valence-corrected chi connectivity index (χ4v) is 4.44. The second kappa shape index (κ2) is 11.6. The van der Waals surface area contributed by atoms with Gasteiger partial charge in [-0.25, -0.2) is 0 Å². The summed E-state index contributed by atoms with van der Waals surface area (Å²) in [5.41, 5.74) is 3.75. The van der Waals surface area contributed by atoms with Crippen molar-refractivity contribution in [3.63, 3.8) is 0 Å². The summed E-state index contributed by atoms with van der Waals surface area (Å²) in [7, 11) is -9.50. The average Bonchev–Trinajstić information content (AvgIpc) is 2.50. The molecule has 0 heterocycles. The van der Waals surface area contributed by atoms with Gasteiger partial charge >= 0.3 is 0 Å². The van der Waals surface area contributed by atoms with Crippen LogP contribution in [0.3, 0.4) is 0 Å². The third-order valence-electron chi connectivity index (χ3n) is 4.46. The number of hydrogen-bond acceptors (Lipinski definition) is 5. The molecule has 0 radical (unpaired) electrons. The molecule has 1 unspecified atom stereocenters. The highest BCUT2D eigenvalue weighted by molar-refractivity contribution is 7.76. The van der Waals surface area contributed by atoms with Crippen LogP contribution in [0.4, 0.5) is 0 Å². The zero-order valence-corrected chi connectivity index (χ0v) is 19.1. The highest BCUT2D eigenvalue weighted by Crippen LogP contribution is 2.68. The molecule has 27 heavy (non-hydrogen) atoms. The third-order valence-corrected chi connectivity index (χ3v) is 9.72. The Hall–Kier alpha value is -0.320. The molecule has 0 fully saturated rings. The lowest BCUT2D eigenvalue weighted by atomic mass is 10.1. The molecule has 158 valence electrons. The van der Waals surface area contributed by atoms with Crippen LogP contribution in [0, 0.1) is 0 Å². The number of ether oxygens (including phenoxy) is 1. The smallest absolute Gasteiger partial charge is 0.265 e. The van der Waals surface area contributed by atoms with Gasteiger partial charge in [0.15, 0.2) is 0 Å². The Bertz CT molecular complexity index is 596. The van der Waals surface area contributed by atoms with E-state index in [0.29, 0.717) is 0 Å². The van der Waals surface area contributed by atoms with Crippen LogP contribution in [-0.4, -0.2) is 22.7 Å². The van der Waals surface area contributed by atoms with Gasteiger partial charge in [0.05, 0.1) is 6.61 Å². The van der Waals surface area contributed by atoms with Crippen LogP contribution in [0.5, 0.6) is 0 Å². The predicted molar refractivity (Wildman–Crippen MR) is 107 cm³/mol. The monoisotopic (exact) mass is 420 g/mol. The molecule has 0 aromatic heterocycles. The van der Waals surface area contributed by atoms with Gasteiger partial charge in [-0.2, -0.15) is 0 Å². The highest BCUT2D eigenvalue weighted by atomic mass is 31.3. The molecule has 8 heteroatoms. The first-order valence-electron chi connectivity index (χ1n) is 9.07. The van der Waals surface area contributed by atoms with E-state index in [4.69, 9.17) is 4.74 Å². The average molecular weight is 420 g/mol. The highest BCUT2D eigenvalue weighted by Gasteiger charge is 2.46. The van der Waals surface area contributed by atoms with Crippen molar-refractivity contribution in [2.24, 2.45) is 0 Å². The Balaban J connectivity index is 4.34. The van der Waals surface area contributed by atoms with E-state index in [0.717, 1.165) is 45.1 Å². The first-order valence-corrected chi connectivity index (χ1v) is 12.5. The predicted octanol–water partition coefficient (Wildman–Crippen LogP) is 3.23. The summed E-state index contributed by atoms with van der Waals surface area (Å²) < 4.78 is 17.3. The summed E-state index contributed by atoms with van der Waals surface area (Å²) >= 11 is 0. The molecule has 0 aliphatic heterocycles. The lowest BCUT2D eigenvalue weighted by Crippen LogP contribution is -2.47. The van der Waals surface area contributed by atoms with Crippen molar-refractivity contribution in [2.45, 2.75) is 72.1 Å². The SMILES string of the molecule is CC(C)=CCC/C(C)=C/CC/C(C)=C/COCP(=O)(O)C(C)(C)[P+]([O-])([O-])[O-]. The van der Waals surface area contributed by atoms with Gasteiger partial charge in [0.25, 0.3) is 7.37 Å². The molecule has 0 saturated carbocycles. The summed E-state index contributed by atoms with van der Waals surface area (Å²) in [5, 5.41) is 0. The summed E-state index contributed by atoms with van der Waals surface area (Å²) in [6.45, 7) is 10.3. The van der Waals surface area contributed by atoms with Gasteiger partial charge in [-0.1, -0.05) is 34.9 Å². The fraction of sp³-hybridized carbons (Fsp3) is 0.684. The summed E-state index contributed by atoms with van der Waals surface area (Å²) in [6.07, 6.45) is 9.41. The molecule has 0 rings (SSSR count). The van der Waals surface area contributed by atoms with Crippen molar-refractivity contribution in [2.75, 3.05) is 13.0 Å². The molecule has 1 atom stereocenters. The van der Waals surface area contributed by atoms with Gasteiger partial charge in [-0.15, -0.1) is 7.94 Å². The van der Waals surface area contributed by atoms with Crippen LogP contribution in [-0.2, 0) is 9.30 Å². The lowest BCUT2D eigenvalue weighted by Gasteiger charge is -2.54. The van der Waals surface area contributed by atoms with E-state index in [9.17, 15) is 24.1 Å². The third kappa shape index (κ3) is 10.1. The van der Waals surface area contributed by atoms with Crippen LogP contribution < -0.4 is 14.7 Å². The van der Waals surface area contributed by atoms with Gasteiger partial charge < -0.3 is 24.3 Å². The van der Waals surface area contributed by atoms with E-state index >= 15 is 0 Å². The Morgan fingerprint density at radius 3 is 1.96 bits per heavy atom. The van der Waals surface area contributed by atoms with Crippen molar-refractivity contribution < 1.29 is 28.9 Å². The molecule has 0 aliphatic carbocycles. The van der Waals surface area contributed by atoms with E-state index in [1.807, 2.05) is 6.92 Å². The molecular formula is C19H34O6P2-2. The van der Waals surface area contributed by atoms with Gasteiger partial charge in [0, 0.05) is 0 Å². The first-order chi connectivity index (χ1) is 12.2. The Morgan fingerprint density at radius 2 is 1.48 bits per heavy atom. The fourth-order valence-electron chi connectivity index (χ4n) is 2.07. The van der Waals surface area contributed by atoms with Crippen LogP contribution in [0.15, 0.2) is 34.9 Å². The number of allylic oxidation sites excluding steroid dienone is 5. The minimum Gasteiger partial charge on any atom is -0.687 e. The lowest BCUT2D eigenvalue weighted by molar-refractivity contribution is -0.431. The van der Waals surface area contributed by atoms with Crippen molar-refractivity contribution in [3.05, 3.63) is 34.9 Å². The van der Waals surface area contributed by atoms with Crippen LogP contribution >= 0.6 is 15.3 Å². The minimum absolute atomic E-state index is 0.0950. The van der Waals surface area contributed by atoms with E-state index in [1.54, 1.807) is 6.08 Å². The Kier molecular flexibility index (Phi) is 11.5. The number of rotatable bonds is 12. The summed E-state index contributed by atoms with van der Waals surface area (Å²) in [6, 6.07) is 0. The molecule has 0 saturated heterocycles. The van der Waals surface area contributed by atoms with Crippen molar-refractivity contribution in [3.8, 4) is 0 Å². The molecule has 0 bridgehead atoms. The number of hydrogen-bond donors (Lipinski definition) is 1. The molecule has 0 spiro atoms. The maximum Gasteiger partial charge on any atom is 0.265 e. The van der Waals surface area contributed by atoms with E-state index < -0.39 is 26.6 Å². The standard InChI is InChI=1S/C19H36O6P2/c1-16(2)9-7-10-17(3)11-8-12-18(4)13-14-25-15-26(20,21)19(5,6)27(22,23)24/h9,11,13H,7-8,10,12,14-15H2,1-6H3,(H,20,21)(H2,22,23,24)/p-2/b17-11+,18-13+. The molecule has 0 aromatic carbocycles. The maximum absolute atomic E-state index is 12.1. The van der Waals surface area contributed by atoms with Gasteiger partial charge in [-0.05, 0) is 67.2 Å². The Morgan fingerprint density at radius 1 is 1.00 bits per heavy atom. The normalized spacial score (nSPS) is 16.2. The first kappa shape index (κ1) is 26.7. The van der Waals surface area contributed by atoms with Crippen molar-refractivity contribution >= 4 is 15.3 Å². The molecule has 0 aliphatic rings. The zero-order chi connectivity index (χ0) is 21.3. The van der Waals surface area contributed by atoms with Crippen LogP contribution in [0.2, 0.25) is 0 Å². The van der Waals surface area contributed by atoms with Crippen molar-refractivity contribution in [1.82, 2.24) is 0 Å². The minimum atomic E-state index is -5.21. The zero-order valence-electron chi connectivity index (χ0n) is 17.4. The molecule has 0 amide bonds. The topological polar surface area (TPSA) is 116 Å². The second-order valence-corrected chi connectivity index (χ2v) is 12.9. The van der Waals surface area contributed by atoms with Crippen molar-refractivity contribution in [1.29, 1.82) is 0 Å². The largest absolute Gasteiger partial charge is 0.687 e. The molecule has 1 N–H and O–H groups in total. The molecule has 0 aromatic rings. The second-order valence-electron chi connectivity index (χ2n) is 7.65. The van der Waals surface area contributed by atoms with Gasteiger partial charge in [-0.3, -0.25) is 4.57 Å². The van der Waals surface area contributed by atoms with Crippen LogP contribution in [0.1, 0.15) is 67.2 Å². The van der Waals surface area contributed by atoms with E-state index in [1.165, 1.54) is 11.1 Å². The summed E-state index contributed by atoms with van der Waals surface area (Å²) in [4.78, 5) is 41.2. The van der Waals surface area contributed by atoms with Gasteiger partial charge in [0.1, 0.15) is 11.2 Å². The quantitative estimate of drug-likeness (QED) is 0.294.